The quantitative estimate of drug-likeness (QED) is 0.930. The van der Waals surface area contributed by atoms with E-state index in [1.54, 1.807) is 12.1 Å². The van der Waals surface area contributed by atoms with E-state index in [2.05, 4.69) is 0 Å². The zero-order chi connectivity index (χ0) is 14.7. The van der Waals surface area contributed by atoms with Crippen molar-refractivity contribution in [2.24, 2.45) is 5.73 Å². The standard InChI is InChI=1S/C15H14ClF2NO/c1-20-14-7-3-6-12(18)15(14)13(19)8-9-10(16)4-2-5-11(9)17/h2-7,13H,8,19H2,1H3. The molecule has 2 aromatic carbocycles. The molecule has 0 bridgehead atoms. The van der Waals surface area contributed by atoms with Crippen LogP contribution in [-0.2, 0) is 6.42 Å². The fraction of sp³-hybridized carbons (Fsp3) is 0.200. The van der Waals surface area contributed by atoms with Crippen LogP contribution in [0.1, 0.15) is 17.2 Å². The average Bonchev–Trinajstić information content (AvgIpc) is 2.42. The summed E-state index contributed by atoms with van der Waals surface area (Å²) in [4.78, 5) is 0. The zero-order valence-corrected chi connectivity index (χ0v) is 11.6. The van der Waals surface area contributed by atoms with Gasteiger partial charge in [-0.05, 0) is 30.7 Å². The van der Waals surface area contributed by atoms with Gasteiger partial charge in [-0.15, -0.1) is 0 Å². The van der Waals surface area contributed by atoms with Crippen molar-refractivity contribution in [3.63, 3.8) is 0 Å². The molecule has 2 aromatic rings. The molecule has 0 saturated heterocycles. The molecular formula is C15H14ClF2NO. The second kappa shape index (κ2) is 6.20. The third kappa shape index (κ3) is 2.92. The molecule has 0 aliphatic heterocycles. The first kappa shape index (κ1) is 14.8. The van der Waals surface area contributed by atoms with Crippen molar-refractivity contribution in [3.8, 4) is 5.75 Å². The van der Waals surface area contributed by atoms with Gasteiger partial charge in [0, 0.05) is 22.2 Å². The molecule has 2 nitrogen and oxygen atoms in total. The number of nitrogens with two attached hydrogens (primary N) is 1. The highest BCUT2D eigenvalue weighted by atomic mass is 35.5. The lowest BCUT2D eigenvalue weighted by Crippen LogP contribution is -2.17. The lowest BCUT2D eigenvalue weighted by molar-refractivity contribution is 0.398. The van der Waals surface area contributed by atoms with Gasteiger partial charge in [-0.1, -0.05) is 23.7 Å². The van der Waals surface area contributed by atoms with Crippen LogP contribution in [0.2, 0.25) is 5.02 Å². The maximum atomic E-state index is 13.9. The summed E-state index contributed by atoms with van der Waals surface area (Å²) in [5, 5.41) is 0.274. The normalized spacial score (nSPS) is 12.2. The van der Waals surface area contributed by atoms with E-state index in [1.165, 1.54) is 31.4 Å². The fourth-order valence-corrected chi connectivity index (χ4v) is 2.34. The summed E-state index contributed by atoms with van der Waals surface area (Å²) in [6, 6.07) is 8.07. The van der Waals surface area contributed by atoms with Crippen LogP contribution >= 0.6 is 11.6 Å². The molecule has 0 heterocycles. The monoisotopic (exact) mass is 297 g/mol. The number of halogens is 3. The lowest BCUT2D eigenvalue weighted by Gasteiger charge is -2.17. The van der Waals surface area contributed by atoms with Crippen molar-refractivity contribution in [1.82, 2.24) is 0 Å². The minimum absolute atomic E-state index is 0.0861. The summed E-state index contributed by atoms with van der Waals surface area (Å²) in [6.45, 7) is 0. The molecule has 0 fully saturated rings. The smallest absolute Gasteiger partial charge is 0.131 e. The molecule has 0 radical (unpaired) electrons. The maximum Gasteiger partial charge on any atom is 0.131 e. The summed E-state index contributed by atoms with van der Waals surface area (Å²) < 4.78 is 32.7. The molecule has 0 aromatic heterocycles. The molecule has 0 aliphatic carbocycles. The van der Waals surface area contributed by atoms with E-state index in [1.807, 2.05) is 0 Å². The molecule has 2 N–H and O–H groups in total. The predicted octanol–water partition coefficient (Wildman–Crippen LogP) is 3.87. The van der Waals surface area contributed by atoms with Crippen LogP contribution < -0.4 is 10.5 Å². The van der Waals surface area contributed by atoms with Crippen LogP contribution in [0.15, 0.2) is 36.4 Å². The Bertz CT molecular complexity index is 599. The summed E-state index contributed by atoms with van der Waals surface area (Å²) in [5.74, 6) is -0.600. The summed E-state index contributed by atoms with van der Waals surface area (Å²) in [5.41, 5.74) is 6.48. The average molecular weight is 298 g/mol. The van der Waals surface area contributed by atoms with Gasteiger partial charge in [-0.25, -0.2) is 8.78 Å². The number of benzene rings is 2. The summed E-state index contributed by atoms with van der Waals surface area (Å²) in [7, 11) is 1.43. The minimum Gasteiger partial charge on any atom is -0.496 e. The van der Waals surface area contributed by atoms with Gasteiger partial charge in [0.05, 0.1) is 7.11 Å². The van der Waals surface area contributed by atoms with Gasteiger partial charge < -0.3 is 10.5 Å². The number of rotatable bonds is 4. The second-order valence-electron chi connectivity index (χ2n) is 4.37. The molecule has 1 unspecified atom stereocenters. The molecule has 20 heavy (non-hydrogen) atoms. The Balaban J connectivity index is 2.36. The van der Waals surface area contributed by atoms with Crippen LogP contribution in [0.5, 0.6) is 5.75 Å². The van der Waals surface area contributed by atoms with Crippen molar-refractivity contribution >= 4 is 11.6 Å². The Hall–Kier alpha value is -1.65. The molecule has 0 spiro atoms. The molecule has 106 valence electrons. The first-order chi connectivity index (χ1) is 9.54. The van der Waals surface area contributed by atoms with Crippen LogP contribution in [0, 0.1) is 11.6 Å². The molecule has 5 heteroatoms. The molecular weight excluding hydrogens is 284 g/mol. The van der Waals surface area contributed by atoms with E-state index in [-0.39, 0.29) is 22.6 Å². The summed E-state index contributed by atoms with van der Waals surface area (Å²) in [6.07, 6.45) is 0.0861. The third-order valence-electron chi connectivity index (χ3n) is 3.09. The SMILES string of the molecule is COc1cccc(F)c1C(N)Cc1c(F)cccc1Cl. The third-order valence-corrected chi connectivity index (χ3v) is 3.44. The largest absolute Gasteiger partial charge is 0.496 e. The van der Waals surface area contributed by atoms with Gasteiger partial charge in [0.15, 0.2) is 0 Å². The number of hydrogen-bond acceptors (Lipinski definition) is 2. The molecule has 2 rings (SSSR count). The van der Waals surface area contributed by atoms with E-state index < -0.39 is 17.7 Å². The highest BCUT2D eigenvalue weighted by molar-refractivity contribution is 6.31. The van der Waals surface area contributed by atoms with Crippen molar-refractivity contribution in [2.75, 3.05) is 7.11 Å². The van der Waals surface area contributed by atoms with Crippen molar-refractivity contribution < 1.29 is 13.5 Å². The topological polar surface area (TPSA) is 35.2 Å². The number of methoxy groups -OCH3 is 1. The van der Waals surface area contributed by atoms with Crippen LogP contribution in [-0.4, -0.2) is 7.11 Å². The van der Waals surface area contributed by atoms with Crippen LogP contribution in [0.25, 0.3) is 0 Å². The Kier molecular flexibility index (Phi) is 4.57. The van der Waals surface area contributed by atoms with E-state index in [0.717, 1.165) is 0 Å². The van der Waals surface area contributed by atoms with Crippen molar-refractivity contribution in [3.05, 3.63) is 64.2 Å². The molecule has 0 aliphatic rings. The highest BCUT2D eigenvalue weighted by Crippen LogP contribution is 2.31. The predicted molar refractivity (Wildman–Crippen MR) is 75.0 cm³/mol. The van der Waals surface area contributed by atoms with Gasteiger partial charge in [0.25, 0.3) is 0 Å². The lowest BCUT2D eigenvalue weighted by atomic mass is 9.98. The Morgan fingerprint density at radius 2 is 1.80 bits per heavy atom. The first-order valence-electron chi connectivity index (χ1n) is 6.05. The maximum absolute atomic E-state index is 13.9. The fourth-order valence-electron chi connectivity index (χ4n) is 2.10. The Labute approximate surface area is 121 Å². The first-order valence-corrected chi connectivity index (χ1v) is 6.43. The van der Waals surface area contributed by atoms with E-state index in [4.69, 9.17) is 22.1 Å². The van der Waals surface area contributed by atoms with Crippen LogP contribution in [0.3, 0.4) is 0 Å². The Morgan fingerprint density at radius 1 is 1.15 bits per heavy atom. The summed E-state index contributed by atoms with van der Waals surface area (Å²) >= 11 is 5.95. The van der Waals surface area contributed by atoms with E-state index in [0.29, 0.717) is 5.75 Å². The van der Waals surface area contributed by atoms with Gasteiger partial charge >= 0.3 is 0 Å². The molecule has 0 amide bonds. The number of ether oxygens (including phenoxy) is 1. The highest BCUT2D eigenvalue weighted by Gasteiger charge is 2.20. The van der Waals surface area contributed by atoms with E-state index >= 15 is 0 Å². The van der Waals surface area contributed by atoms with Gasteiger partial charge in [0.2, 0.25) is 0 Å². The van der Waals surface area contributed by atoms with Crippen molar-refractivity contribution in [2.45, 2.75) is 12.5 Å². The van der Waals surface area contributed by atoms with Gasteiger partial charge in [-0.3, -0.25) is 0 Å². The minimum atomic E-state index is -0.749. The van der Waals surface area contributed by atoms with Gasteiger partial charge in [0.1, 0.15) is 17.4 Å². The number of hydrogen-bond donors (Lipinski definition) is 1. The Morgan fingerprint density at radius 3 is 2.45 bits per heavy atom. The zero-order valence-electron chi connectivity index (χ0n) is 10.9. The van der Waals surface area contributed by atoms with E-state index in [9.17, 15) is 8.78 Å². The van der Waals surface area contributed by atoms with Crippen molar-refractivity contribution in [1.29, 1.82) is 0 Å². The molecule has 1 atom stereocenters. The second-order valence-corrected chi connectivity index (χ2v) is 4.77. The van der Waals surface area contributed by atoms with Gasteiger partial charge in [-0.2, -0.15) is 0 Å². The van der Waals surface area contributed by atoms with Crippen LogP contribution in [0.4, 0.5) is 8.78 Å². The molecule has 0 saturated carbocycles.